The smallest absolute Gasteiger partial charge is 0.256 e. The molecule has 4 nitrogen and oxygen atoms in total. The summed E-state index contributed by atoms with van der Waals surface area (Å²) in [6, 6.07) is 5.86. The zero-order valence-electron chi connectivity index (χ0n) is 11.2. The third-order valence-corrected chi connectivity index (χ3v) is 3.20. The summed E-state index contributed by atoms with van der Waals surface area (Å²) in [7, 11) is 1.84. The molecule has 1 heterocycles. The molecule has 0 saturated carbocycles. The minimum absolute atomic E-state index is 0.0782. The van der Waals surface area contributed by atoms with Gasteiger partial charge in [-0.2, -0.15) is 0 Å². The molecule has 4 heteroatoms. The van der Waals surface area contributed by atoms with Gasteiger partial charge in [-0.25, -0.2) is 0 Å². The molecular weight excluding hydrogens is 228 g/mol. The van der Waals surface area contributed by atoms with Crippen molar-refractivity contribution in [2.75, 3.05) is 32.1 Å². The monoisotopic (exact) mass is 248 g/mol. The van der Waals surface area contributed by atoms with E-state index in [9.17, 15) is 4.79 Å². The molecule has 1 aromatic carbocycles. The van der Waals surface area contributed by atoms with Crippen LogP contribution < -0.4 is 5.32 Å². The van der Waals surface area contributed by atoms with Crippen molar-refractivity contribution in [2.24, 2.45) is 0 Å². The largest absolute Gasteiger partial charge is 0.387 e. The Kier molecular flexibility index (Phi) is 3.87. The van der Waals surface area contributed by atoms with E-state index in [-0.39, 0.29) is 12.0 Å². The number of carbonyl (C=O) groups is 1. The molecule has 1 fully saturated rings. The highest BCUT2D eigenvalue weighted by atomic mass is 16.5. The zero-order valence-corrected chi connectivity index (χ0v) is 11.2. The van der Waals surface area contributed by atoms with Gasteiger partial charge >= 0.3 is 0 Å². The Morgan fingerprint density at radius 1 is 1.50 bits per heavy atom. The van der Waals surface area contributed by atoms with Crippen LogP contribution in [0.3, 0.4) is 0 Å². The molecule has 1 saturated heterocycles. The highest BCUT2D eigenvalue weighted by Gasteiger charge is 2.23. The van der Waals surface area contributed by atoms with Crippen LogP contribution in [0.2, 0.25) is 0 Å². The SMILES string of the molecule is CNc1cc(C)ccc1C(=O)N1CCOC(C)C1. The molecule has 2 rings (SSSR count). The van der Waals surface area contributed by atoms with Gasteiger partial charge in [0.15, 0.2) is 0 Å². The first-order chi connectivity index (χ1) is 8.61. The van der Waals surface area contributed by atoms with Crippen molar-refractivity contribution in [3.63, 3.8) is 0 Å². The van der Waals surface area contributed by atoms with E-state index < -0.39 is 0 Å². The van der Waals surface area contributed by atoms with E-state index in [2.05, 4.69) is 5.32 Å². The van der Waals surface area contributed by atoms with Gasteiger partial charge in [0, 0.05) is 25.8 Å². The number of aryl methyl sites for hydroxylation is 1. The molecule has 0 aromatic heterocycles. The lowest BCUT2D eigenvalue weighted by molar-refractivity contribution is -0.0123. The van der Waals surface area contributed by atoms with E-state index in [0.717, 1.165) is 16.8 Å². The Hall–Kier alpha value is -1.55. The Bertz CT molecular complexity index is 445. The molecule has 1 aromatic rings. The third-order valence-electron chi connectivity index (χ3n) is 3.20. The van der Waals surface area contributed by atoms with Gasteiger partial charge in [-0.15, -0.1) is 0 Å². The van der Waals surface area contributed by atoms with Gasteiger partial charge in [-0.3, -0.25) is 4.79 Å². The highest BCUT2D eigenvalue weighted by molar-refractivity contribution is 5.99. The number of morpholine rings is 1. The van der Waals surface area contributed by atoms with E-state index in [1.807, 2.05) is 44.0 Å². The second kappa shape index (κ2) is 5.40. The molecular formula is C14H20N2O2. The molecule has 1 amide bonds. The van der Waals surface area contributed by atoms with Crippen molar-refractivity contribution >= 4 is 11.6 Å². The van der Waals surface area contributed by atoms with Crippen LogP contribution in [0.1, 0.15) is 22.8 Å². The molecule has 1 unspecified atom stereocenters. The van der Waals surface area contributed by atoms with Crippen molar-refractivity contribution in [2.45, 2.75) is 20.0 Å². The van der Waals surface area contributed by atoms with Gasteiger partial charge in [0.25, 0.3) is 5.91 Å². The molecule has 0 spiro atoms. The Labute approximate surface area is 108 Å². The summed E-state index contributed by atoms with van der Waals surface area (Å²) in [4.78, 5) is 14.3. The number of ether oxygens (including phenoxy) is 1. The quantitative estimate of drug-likeness (QED) is 0.869. The first kappa shape index (κ1) is 12.9. The van der Waals surface area contributed by atoms with Crippen LogP contribution in [0.25, 0.3) is 0 Å². The lowest BCUT2D eigenvalue weighted by Crippen LogP contribution is -2.44. The summed E-state index contributed by atoms with van der Waals surface area (Å²) in [6.45, 7) is 5.96. The molecule has 1 N–H and O–H groups in total. The van der Waals surface area contributed by atoms with Crippen molar-refractivity contribution in [1.82, 2.24) is 4.90 Å². The van der Waals surface area contributed by atoms with Crippen LogP contribution in [0, 0.1) is 6.92 Å². The predicted molar refractivity (Wildman–Crippen MR) is 72.0 cm³/mol. The summed E-state index contributed by atoms with van der Waals surface area (Å²) in [6.07, 6.45) is 0.117. The van der Waals surface area contributed by atoms with Gasteiger partial charge in [-0.1, -0.05) is 6.07 Å². The lowest BCUT2D eigenvalue weighted by atomic mass is 10.1. The van der Waals surface area contributed by atoms with E-state index >= 15 is 0 Å². The molecule has 18 heavy (non-hydrogen) atoms. The van der Waals surface area contributed by atoms with Crippen LogP contribution in [-0.4, -0.2) is 43.7 Å². The van der Waals surface area contributed by atoms with Crippen molar-refractivity contribution < 1.29 is 9.53 Å². The second-order valence-electron chi connectivity index (χ2n) is 4.73. The molecule has 0 radical (unpaired) electrons. The van der Waals surface area contributed by atoms with Crippen molar-refractivity contribution in [3.8, 4) is 0 Å². The first-order valence-corrected chi connectivity index (χ1v) is 6.31. The predicted octanol–water partition coefficient (Wildman–Crippen LogP) is 1.90. The second-order valence-corrected chi connectivity index (χ2v) is 4.73. The maximum Gasteiger partial charge on any atom is 0.256 e. The first-order valence-electron chi connectivity index (χ1n) is 6.31. The van der Waals surface area contributed by atoms with Gasteiger partial charge in [0.05, 0.1) is 18.3 Å². The minimum atomic E-state index is 0.0782. The maximum atomic E-state index is 12.5. The van der Waals surface area contributed by atoms with Crippen molar-refractivity contribution in [3.05, 3.63) is 29.3 Å². The Morgan fingerprint density at radius 3 is 2.94 bits per heavy atom. The van der Waals surface area contributed by atoms with Crippen LogP contribution in [0.5, 0.6) is 0 Å². The fourth-order valence-electron chi connectivity index (χ4n) is 2.22. The molecule has 0 bridgehead atoms. The molecule has 0 aliphatic carbocycles. The number of benzene rings is 1. The minimum Gasteiger partial charge on any atom is -0.387 e. The van der Waals surface area contributed by atoms with Gasteiger partial charge in [0.2, 0.25) is 0 Å². The van der Waals surface area contributed by atoms with Crippen LogP contribution in [-0.2, 0) is 4.74 Å². The lowest BCUT2D eigenvalue weighted by Gasteiger charge is -2.31. The number of rotatable bonds is 2. The average molecular weight is 248 g/mol. The van der Waals surface area contributed by atoms with Gasteiger partial charge in [-0.05, 0) is 31.5 Å². The fourth-order valence-corrected chi connectivity index (χ4v) is 2.22. The number of nitrogens with zero attached hydrogens (tertiary/aromatic N) is 1. The van der Waals surface area contributed by atoms with Crippen LogP contribution in [0.15, 0.2) is 18.2 Å². The fraction of sp³-hybridized carbons (Fsp3) is 0.500. The molecule has 1 aliphatic heterocycles. The average Bonchev–Trinajstić information content (AvgIpc) is 2.37. The van der Waals surface area contributed by atoms with E-state index in [1.54, 1.807) is 0 Å². The number of amides is 1. The Balaban J connectivity index is 2.22. The Morgan fingerprint density at radius 2 is 2.28 bits per heavy atom. The summed E-state index contributed by atoms with van der Waals surface area (Å²) in [5.41, 5.74) is 2.77. The summed E-state index contributed by atoms with van der Waals surface area (Å²) < 4.78 is 5.46. The standard InChI is InChI=1S/C14H20N2O2/c1-10-4-5-12(13(8-10)15-3)14(17)16-6-7-18-11(2)9-16/h4-5,8,11,15H,6-7,9H2,1-3H3. The van der Waals surface area contributed by atoms with Crippen molar-refractivity contribution in [1.29, 1.82) is 0 Å². The highest BCUT2D eigenvalue weighted by Crippen LogP contribution is 2.20. The van der Waals surface area contributed by atoms with E-state index in [4.69, 9.17) is 4.74 Å². The summed E-state index contributed by atoms with van der Waals surface area (Å²) >= 11 is 0. The number of anilines is 1. The van der Waals surface area contributed by atoms with E-state index in [0.29, 0.717) is 19.7 Å². The normalized spacial score (nSPS) is 19.7. The third kappa shape index (κ3) is 2.64. The zero-order chi connectivity index (χ0) is 13.1. The van der Waals surface area contributed by atoms with Gasteiger partial charge in [0.1, 0.15) is 0 Å². The van der Waals surface area contributed by atoms with Crippen LogP contribution in [0.4, 0.5) is 5.69 Å². The molecule has 1 atom stereocenters. The number of carbonyl (C=O) groups excluding carboxylic acids is 1. The maximum absolute atomic E-state index is 12.5. The topological polar surface area (TPSA) is 41.6 Å². The van der Waals surface area contributed by atoms with Crippen LogP contribution >= 0.6 is 0 Å². The number of nitrogens with one attached hydrogen (secondary N) is 1. The molecule has 98 valence electrons. The van der Waals surface area contributed by atoms with E-state index in [1.165, 1.54) is 0 Å². The number of hydrogen-bond acceptors (Lipinski definition) is 3. The number of hydrogen-bond donors (Lipinski definition) is 1. The molecule has 1 aliphatic rings. The van der Waals surface area contributed by atoms with Gasteiger partial charge < -0.3 is 15.0 Å². The summed E-state index contributed by atoms with van der Waals surface area (Å²) in [5.74, 6) is 0.0782. The summed E-state index contributed by atoms with van der Waals surface area (Å²) in [5, 5.41) is 3.09.